The van der Waals surface area contributed by atoms with Crippen LogP contribution in [0.15, 0.2) is 24.3 Å². The quantitative estimate of drug-likeness (QED) is 0.714. The van der Waals surface area contributed by atoms with Crippen LogP contribution in [-0.4, -0.2) is 30.3 Å². The molecule has 1 aromatic rings. The fourth-order valence-electron chi connectivity index (χ4n) is 1.91. The van der Waals surface area contributed by atoms with E-state index in [0.717, 1.165) is 17.5 Å². The van der Waals surface area contributed by atoms with Gasteiger partial charge in [0.1, 0.15) is 6.29 Å². The maximum atomic E-state index is 11.7. The summed E-state index contributed by atoms with van der Waals surface area (Å²) in [6.45, 7) is 2.86. The summed E-state index contributed by atoms with van der Waals surface area (Å²) >= 11 is 0. The van der Waals surface area contributed by atoms with Gasteiger partial charge in [-0.2, -0.15) is 0 Å². The van der Waals surface area contributed by atoms with Gasteiger partial charge in [-0.3, -0.25) is 4.79 Å². The molecule has 4 nitrogen and oxygen atoms in total. The Bertz CT molecular complexity index is 417. The summed E-state index contributed by atoms with van der Waals surface area (Å²) in [6, 6.07) is 7.72. The monoisotopic (exact) mass is 218 g/mol. The summed E-state index contributed by atoms with van der Waals surface area (Å²) < 4.78 is 0. The summed E-state index contributed by atoms with van der Waals surface area (Å²) in [5.74, 6) is 0.0486. The number of rotatable bonds is 3. The van der Waals surface area contributed by atoms with E-state index in [9.17, 15) is 9.59 Å². The second kappa shape index (κ2) is 4.45. The Balaban J connectivity index is 2.29. The summed E-state index contributed by atoms with van der Waals surface area (Å²) in [4.78, 5) is 22.3. The van der Waals surface area contributed by atoms with Gasteiger partial charge in [0.2, 0.25) is 5.91 Å². The van der Waals surface area contributed by atoms with Crippen molar-refractivity contribution in [3.05, 3.63) is 29.8 Å². The van der Waals surface area contributed by atoms with Crippen molar-refractivity contribution in [1.29, 1.82) is 0 Å². The van der Waals surface area contributed by atoms with Crippen LogP contribution in [0.25, 0.3) is 0 Å². The highest BCUT2D eigenvalue weighted by atomic mass is 16.2. The van der Waals surface area contributed by atoms with Gasteiger partial charge in [0.05, 0.1) is 12.2 Å². The molecule has 0 aromatic heterocycles. The third-order valence-corrected chi connectivity index (χ3v) is 2.63. The lowest BCUT2D eigenvalue weighted by atomic mass is 10.2. The van der Waals surface area contributed by atoms with E-state index < -0.39 is 0 Å². The maximum absolute atomic E-state index is 11.7. The van der Waals surface area contributed by atoms with Crippen LogP contribution in [-0.2, 0) is 9.59 Å². The second-order valence-corrected chi connectivity index (χ2v) is 3.87. The lowest BCUT2D eigenvalue weighted by Crippen LogP contribution is -2.40. The van der Waals surface area contributed by atoms with E-state index in [1.165, 1.54) is 0 Å². The number of aldehydes is 1. The molecule has 0 saturated carbocycles. The number of benzene rings is 1. The predicted octanol–water partition coefficient (Wildman–Crippen LogP) is 1.15. The predicted molar refractivity (Wildman–Crippen MR) is 60.9 cm³/mol. The number of anilines is 1. The van der Waals surface area contributed by atoms with Crippen LogP contribution in [0.5, 0.6) is 0 Å². The molecule has 0 unspecified atom stereocenters. The molecule has 16 heavy (non-hydrogen) atoms. The fraction of sp³-hybridized carbons (Fsp3) is 0.333. The normalized spacial score (nSPS) is 16.8. The van der Waals surface area contributed by atoms with Crippen LogP contribution in [0, 0.1) is 6.92 Å². The van der Waals surface area contributed by atoms with Crippen molar-refractivity contribution in [1.82, 2.24) is 5.01 Å². The van der Waals surface area contributed by atoms with Crippen LogP contribution in [0.3, 0.4) is 0 Å². The molecule has 1 saturated heterocycles. The molecule has 1 amide bonds. The van der Waals surface area contributed by atoms with E-state index in [1.807, 2.05) is 31.2 Å². The average molecular weight is 218 g/mol. The zero-order chi connectivity index (χ0) is 11.5. The molecule has 1 aliphatic heterocycles. The van der Waals surface area contributed by atoms with Crippen molar-refractivity contribution in [2.24, 2.45) is 0 Å². The van der Waals surface area contributed by atoms with Crippen molar-refractivity contribution in [3.63, 3.8) is 0 Å². The number of amides is 1. The molecule has 1 aliphatic rings. The largest absolute Gasteiger partial charge is 0.302 e. The summed E-state index contributed by atoms with van der Waals surface area (Å²) in [7, 11) is 0. The molecule has 0 N–H and O–H groups in total. The molecule has 0 aliphatic carbocycles. The van der Waals surface area contributed by atoms with E-state index in [1.54, 1.807) is 10.0 Å². The Kier molecular flexibility index (Phi) is 3.01. The molecule has 1 heterocycles. The highest BCUT2D eigenvalue weighted by Crippen LogP contribution is 2.22. The second-order valence-electron chi connectivity index (χ2n) is 3.87. The standard InChI is InChI=1S/C12H14N2O2/c1-10-3-2-4-11(9-10)14-12(16)5-6-13(14)7-8-15/h2-4,8-9H,5-7H2,1H3. The van der Waals surface area contributed by atoms with Gasteiger partial charge in [-0.15, -0.1) is 0 Å². The molecular formula is C12H14N2O2. The van der Waals surface area contributed by atoms with Crippen molar-refractivity contribution in [3.8, 4) is 0 Å². The third kappa shape index (κ3) is 1.97. The van der Waals surface area contributed by atoms with Crippen molar-refractivity contribution in [2.75, 3.05) is 18.1 Å². The Morgan fingerprint density at radius 2 is 2.25 bits per heavy atom. The van der Waals surface area contributed by atoms with E-state index >= 15 is 0 Å². The zero-order valence-corrected chi connectivity index (χ0v) is 9.22. The molecule has 0 radical (unpaired) electrons. The van der Waals surface area contributed by atoms with Gasteiger partial charge < -0.3 is 4.79 Å². The van der Waals surface area contributed by atoms with E-state index in [-0.39, 0.29) is 12.5 Å². The SMILES string of the molecule is Cc1cccc(N2C(=O)CCN2CC=O)c1. The lowest BCUT2D eigenvalue weighted by Gasteiger charge is -2.26. The minimum Gasteiger partial charge on any atom is -0.302 e. The Morgan fingerprint density at radius 3 is 2.94 bits per heavy atom. The number of hydrazine groups is 1. The topological polar surface area (TPSA) is 40.6 Å². The lowest BCUT2D eigenvalue weighted by molar-refractivity contribution is -0.118. The highest BCUT2D eigenvalue weighted by Gasteiger charge is 2.29. The van der Waals surface area contributed by atoms with Gasteiger partial charge in [-0.05, 0) is 24.6 Å². The minimum absolute atomic E-state index is 0.0486. The molecule has 1 fully saturated rings. The summed E-state index contributed by atoms with van der Waals surface area (Å²) in [5, 5.41) is 3.37. The first-order chi connectivity index (χ1) is 7.72. The number of carbonyl (C=O) groups excluding carboxylic acids is 2. The Morgan fingerprint density at radius 1 is 1.44 bits per heavy atom. The van der Waals surface area contributed by atoms with Crippen LogP contribution in [0.1, 0.15) is 12.0 Å². The Hall–Kier alpha value is -1.68. The first kappa shape index (κ1) is 10.8. The fourth-order valence-corrected chi connectivity index (χ4v) is 1.91. The van der Waals surface area contributed by atoms with Crippen molar-refractivity contribution in [2.45, 2.75) is 13.3 Å². The van der Waals surface area contributed by atoms with Gasteiger partial charge in [0.25, 0.3) is 0 Å². The summed E-state index contributed by atoms with van der Waals surface area (Å²) in [6.07, 6.45) is 1.29. The number of hydrogen-bond donors (Lipinski definition) is 0. The minimum atomic E-state index is 0.0486. The number of hydrogen-bond acceptors (Lipinski definition) is 3. The average Bonchev–Trinajstić information content (AvgIpc) is 2.60. The number of nitrogens with zero attached hydrogens (tertiary/aromatic N) is 2. The number of carbonyl (C=O) groups is 2. The van der Waals surface area contributed by atoms with Crippen molar-refractivity contribution >= 4 is 17.9 Å². The molecule has 0 spiro atoms. The van der Waals surface area contributed by atoms with Crippen LogP contribution < -0.4 is 5.01 Å². The first-order valence-corrected chi connectivity index (χ1v) is 5.30. The van der Waals surface area contributed by atoms with Crippen LogP contribution in [0.4, 0.5) is 5.69 Å². The van der Waals surface area contributed by atoms with Gasteiger partial charge in [-0.1, -0.05) is 12.1 Å². The van der Waals surface area contributed by atoms with E-state index in [4.69, 9.17) is 0 Å². The molecule has 4 heteroatoms. The van der Waals surface area contributed by atoms with E-state index in [2.05, 4.69) is 0 Å². The van der Waals surface area contributed by atoms with Gasteiger partial charge >= 0.3 is 0 Å². The smallest absolute Gasteiger partial charge is 0.242 e. The first-order valence-electron chi connectivity index (χ1n) is 5.30. The molecule has 1 aromatic carbocycles. The molecule has 2 rings (SSSR count). The third-order valence-electron chi connectivity index (χ3n) is 2.63. The molecular weight excluding hydrogens is 204 g/mol. The Labute approximate surface area is 94.4 Å². The highest BCUT2D eigenvalue weighted by molar-refractivity contribution is 5.94. The van der Waals surface area contributed by atoms with Crippen molar-refractivity contribution < 1.29 is 9.59 Å². The number of aryl methyl sites for hydroxylation is 1. The van der Waals surface area contributed by atoms with E-state index in [0.29, 0.717) is 13.0 Å². The van der Waals surface area contributed by atoms with Gasteiger partial charge in [0, 0.05) is 13.0 Å². The van der Waals surface area contributed by atoms with Gasteiger partial charge in [-0.25, -0.2) is 10.0 Å². The zero-order valence-electron chi connectivity index (χ0n) is 9.22. The molecule has 0 atom stereocenters. The summed E-state index contributed by atoms with van der Waals surface area (Å²) in [5.41, 5.74) is 1.94. The maximum Gasteiger partial charge on any atom is 0.242 e. The van der Waals surface area contributed by atoms with Gasteiger partial charge in [0.15, 0.2) is 0 Å². The molecule has 0 bridgehead atoms. The van der Waals surface area contributed by atoms with Crippen LogP contribution >= 0.6 is 0 Å². The van der Waals surface area contributed by atoms with Crippen LogP contribution in [0.2, 0.25) is 0 Å². The molecule has 84 valence electrons.